The summed E-state index contributed by atoms with van der Waals surface area (Å²) in [5.41, 5.74) is 2.63. The monoisotopic (exact) mass is 148 g/mol. The van der Waals surface area contributed by atoms with Gasteiger partial charge in [0.15, 0.2) is 0 Å². The lowest BCUT2D eigenvalue weighted by atomic mass is 10.1. The minimum absolute atomic E-state index is 0.367. The molecule has 0 radical (unpaired) electrons. The van der Waals surface area contributed by atoms with Crippen LogP contribution in [0.4, 0.5) is 0 Å². The van der Waals surface area contributed by atoms with Crippen LogP contribution in [0.3, 0.4) is 0 Å². The molecule has 0 fully saturated rings. The quantitative estimate of drug-likeness (QED) is 0.548. The minimum atomic E-state index is 0.367. The molecule has 1 aliphatic rings. The summed E-state index contributed by atoms with van der Waals surface area (Å²) < 4.78 is 5.59. The standard InChI is InChI=1S/C10H12O/c1-7-3-4-9-6-8(2)11-10(9)5-7/h3-5,8H,6H2,1-2H3/t8-/m0/s1. The fraction of sp³-hybridized carbons (Fsp3) is 0.400. The van der Waals surface area contributed by atoms with Crippen LogP contribution in [0.15, 0.2) is 18.2 Å². The lowest BCUT2D eigenvalue weighted by Crippen LogP contribution is -2.05. The van der Waals surface area contributed by atoms with E-state index in [1.165, 1.54) is 11.1 Å². The van der Waals surface area contributed by atoms with Gasteiger partial charge in [-0.3, -0.25) is 0 Å². The lowest BCUT2D eigenvalue weighted by Gasteiger charge is -2.02. The number of benzene rings is 1. The van der Waals surface area contributed by atoms with Gasteiger partial charge in [0, 0.05) is 6.42 Å². The number of rotatable bonds is 0. The molecular weight excluding hydrogens is 136 g/mol. The predicted octanol–water partition coefficient (Wildman–Crippen LogP) is 2.32. The van der Waals surface area contributed by atoms with Gasteiger partial charge in [0.05, 0.1) is 0 Å². The van der Waals surface area contributed by atoms with Gasteiger partial charge in [0.2, 0.25) is 0 Å². The molecule has 0 bridgehead atoms. The van der Waals surface area contributed by atoms with E-state index in [-0.39, 0.29) is 0 Å². The summed E-state index contributed by atoms with van der Waals surface area (Å²) in [4.78, 5) is 0. The Morgan fingerprint density at radius 3 is 3.09 bits per heavy atom. The highest BCUT2D eigenvalue weighted by Crippen LogP contribution is 2.28. The average molecular weight is 148 g/mol. The molecule has 0 spiro atoms. The maximum Gasteiger partial charge on any atom is 0.123 e. The molecule has 0 aliphatic carbocycles. The molecule has 1 aromatic rings. The van der Waals surface area contributed by atoms with Gasteiger partial charge < -0.3 is 4.74 Å². The Morgan fingerprint density at radius 1 is 1.45 bits per heavy atom. The Kier molecular flexibility index (Phi) is 1.38. The van der Waals surface area contributed by atoms with E-state index in [4.69, 9.17) is 4.74 Å². The number of hydrogen-bond donors (Lipinski definition) is 0. The molecule has 0 N–H and O–H groups in total. The van der Waals surface area contributed by atoms with Gasteiger partial charge >= 0.3 is 0 Å². The van der Waals surface area contributed by atoms with Crippen molar-refractivity contribution >= 4 is 0 Å². The molecule has 0 saturated carbocycles. The van der Waals surface area contributed by atoms with Crippen molar-refractivity contribution in [2.45, 2.75) is 26.4 Å². The van der Waals surface area contributed by atoms with Crippen molar-refractivity contribution in [1.29, 1.82) is 0 Å². The Balaban J connectivity index is 2.43. The van der Waals surface area contributed by atoms with Crippen molar-refractivity contribution in [1.82, 2.24) is 0 Å². The predicted molar refractivity (Wildman–Crippen MR) is 45.0 cm³/mol. The van der Waals surface area contributed by atoms with Gasteiger partial charge in [-0.25, -0.2) is 0 Å². The van der Waals surface area contributed by atoms with Crippen molar-refractivity contribution in [3.8, 4) is 5.75 Å². The lowest BCUT2D eigenvalue weighted by molar-refractivity contribution is 0.254. The van der Waals surface area contributed by atoms with Gasteiger partial charge in [0.1, 0.15) is 11.9 Å². The van der Waals surface area contributed by atoms with Crippen LogP contribution in [0.1, 0.15) is 18.1 Å². The summed E-state index contributed by atoms with van der Waals surface area (Å²) >= 11 is 0. The van der Waals surface area contributed by atoms with E-state index in [9.17, 15) is 0 Å². The number of aryl methyl sites for hydroxylation is 1. The van der Waals surface area contributed by atoms with E-state index >= 15 is 0 Å². The fourth-order valence-corrected chi connectivity index (χ4v) is 1.51. The van der Waals surface area contributed by atoms with E-state index in [2.05, 4.69) is 32.0 Å². The molecule has 0 unspecified atom stereocenters. The first kappa shape index (κ1) is 6.71. The molecule has 2 rings (SSSR count). The third kappa shape index (κ3) is 1.11. The second kappa shape index (κ2) is 2.26. The zero-order valence-corrected chi connectivity index (χ0v) is 6.92. The molecule has 1 nitrogen and oxygen atoms in total. The van der Waals surface area contributed by atoms with Gasteiger partial charge in [-0.15, -0.1) is 0 Å². The molecule has 0 saturated heterocycles. The summed E-state index contributed by atoms with van der Waals surface area (Å²) in [5, 5.41) is 0. The Labute approximate surface area is 67.0 Å². The highest BCUT2D eigenvalue weighted by molar-refractivity contribution is 5.40. The topological polar surface area (TPSA) is 9.23 Å². The van der Waals surface area contributed by atoms with Gasteiger partial charge in [-0.2, -0.15) is 0 Å². The molecule has 11 heavy (non-hydrogen) atoms. The van der Waals surface area contributed by atoms with E-state index < -0.39 is 0 Å². The first-order valence-corrected chi connectivity index (χ1v) is 4.02. The van der Waals surface area contributed by atoms with Crippen LogP contribution >= 0.6 is 0 Å². The summed E-state index contributed by atoms with van der Waals surface area (Å²) in [6, 6.07) is 6.41. The summed E-state index contributed by atoms with van der Waals surface area (Å²) in [7, 11) is 0. The SMILES string of the molecule is Cc1ccc2c(c1)O[C@@H](C)C2. The number of fused-ring (bicyclic) bond motifs is 1. The van der Waals surface area contributed by atoms with E-state index in [0.717, 1.165) is 12.2 Å². The minimum Gasteiger partial charge on any atom is -0.490 e. The average Bonchev–Trinajstić information content (AvgIpc) is 2.27. The third-order valence-corrected chi connectivity index (χ3v) is 2.06. The molecule has 0 amide bonds. The Hall–Kier alpha value is -0.980. The van der Waals surface area contributed by atoms with Gasteiger partial charge in [0.25, 0.3) is 0 Å². The first-order valence-electron chi connectivity index (χ1n) is 4.02. The van der Waals surface area contributed by atoms with E-state index in [0.29, 0.717) is 6.10 Å². The van der Waals surface area contributed by atoms with Gasteiger partial charge in [-0.05, 0) is 31.0 Å². The molecule has 58 valence electrons. The van der Waals surface area contributed by atoms with Crippen LogP contribution in [0.25, 0.3) is 0 Å². The molecule has 1 heterocycles. The molecule has 1 aromatic carbocycles. The molecular formula is C10H12O. The van der Waals surface area contributed by atoms with E-state index in [1.807, 2.05) is 0 Å². The van der Waals surface area contributed by atoms with Crippen LogP contribution in [0.2, 0.25) is 0 Å². The Morgan fingerprint density at radius 2 is 2.27 bits per heavy atom. The van der Waals surface area contributed by atoms with Crippen molar-refractivity contribution in [3.05, 3.63) is 29.3 Å². The molecule has 0 aromatic heterocycles. The highest BCUT2D eigenvalue weighted by atomic mass is 16.5. The zero-order valence-electron chi connectivity index (χ0n) is 6.92. The molecule has 1 atom stereocenters. The van der Waals surface area contributed by atoms with Crippen LogP contribution < -0.4 is 4.74 Å². The van der Waals surface area contributed by atoms with Crippen LogP contribution in [0, 0.1) is 6.92 Å². The van der Waals surface area contributed by atoms with E-state index in [1.54, 1.807) is 0 Å². The molecule has 1 heteroatoms. The summed E-state index contributed by atoms with van der Waals surface area (Å²) in [5.74, 6) is 1.08. The summed E-state index contributed by atoms with van der Waals surface area (Å²) in [6.45, 7) is 4.20. The Bertz CT molecular complexity index is 278. The second-order valence-electron chi connectivity index (χ2n) is 3.24. The second-order valence-corrected chi connectivity index (χ2v) is 3.24. The van der Waals surface area contributed by atoms with Crippen molar-refractivity contribution in [2.75, 3.05) is 0 Å². The van der Waals surface area contributed by atoms with Crippen molar-refractivity contribution in [3.63, 3.8) is 0 Å². The van der Waals surface area contributed by atoms with Crippen LogP contribution in [-0.2, 0) is 6.42 Å². The van der Waals surface area contributed by atoms with Crippen molar-refractivity contribution < 1.29 is 4.74 Å². The maximum absolute atomic E-state index is 5.59. The fourth-order valence-electron chi connectivity index (χ4n) is 1.51. The van der Waals surface area contributed by atoms with Crippen LogP contribution in [0.5, 0.6) is 5.75 Å². The number of hydrogen-bond acceptors (Lipinski definition) is 1. The normalized spacial score (nSPS) is 21.1. The van der Waals surface area contributed by atoms with Crippen molar-refractivity contribution in [2.24, 2.45) is 0 Å². The maximum atomic E-state index is 5.59. The first-order chi connectivity index (χ1) is 5.25. The third-order valence-electron chi connectivity index (χ3n) is 2.06. The molecule has 1 aliphatic heterocycles. The highest BCUT2D eigenvalue weighted by Gasteiger charge is 2.17. The summed E-state index contributed by atoms with van der Waals surface area (Å²) in [6.07, 6.45) is 1.43. The number of ether oxygens (including phenoxy) is 1. The zero-order chi connectivity index (χ0) is 7.84. The van der Waals surface area contributed by atoms with Gasteiger partial charge in [-0.1, -0.05) is 12.1 Å². The van der Waals surface area contributed by atoms with Crippen LogP contribution in [-0.4, -0.2) is 6.10 Å². The largest absolute Gasteiger partial charge is 0.490 e. The smallest absolute Gasteiger partial charge is 0.123 e.